The fourth-order valence-electron chi connectivity index (χ4n) is 4.40. The van der Waals surface area contributed by atoms with E-state index in [4.69, 9.17) is 4.74 Å². The van der Waals surface area contributed by atoms with Gasteiger partial charge in [-0.3, -0.25) is 9.78 Å². The van der Waals surface area contributed by atoms with Gasteiger partial charge in [-0.1, -0.05) is 6.07 Å². The number of rotatable bonds is 7. The SMILES string of the molecule is O=C(C[C@@H]1COC[C@H]2CN(CC3CC3)C[C@@H]12)NCCc1ccccn1. The van der Waals surface area contributed by atoms with E-state index in [9.17, 15) is 4.79 Å². The molecule has 0 unspecified atom stereocenters. The minimum Gasteiger partial charge on any atom is -0.381 e. The van der Waals surface area contributed by atoms with Gasteiger partial charge in [-0.25, -0.2) is 0 Å². The normalized spacial score (nSPS) is 29.4. The van der Waals surface area contributed by atoms with Gasteiger partial charge in [-0.15, -0.1) is 0 Å². The van der Waals surface area contributed by atoms with E-state index in [1.165, 1.54) is 25.9 Å². The summed E-state index contributed by atoms with van der Waals surface area (Å²) >= 11 is 0. The van der Waals surface area contributed by atoms with Gasteiger partial charge in [0.2, 0.25) is 5.91 Å². The van der Waals surface area contributed by atoms with Crippen molar-refractivity contribution in [3.8, 4) is 0 Å². The Bertz CT molecular complexity index is 576. The number of carbonyl (C=O) groups is 1. The molecule has 3 heterocycles. The van der Waals surface area contributed by atoms with Crippen molar-refractivity contribution in [2.24, 2.45) is 23.7 Å². The van der Waals surface area contributed by atoms with Crippen LogP contribution in [-0.2, 0) is 16.0 Å². The van der Waals surface area contributed by atoms with Crippen LogP contribution in [0.2, 0.25) is 0 Å². The van der Waals surface area contributed by atoms with Crippen molar-refractivity contribution in [2.75, 3.05) is 39.4 Å². The maximum absolute atomic E-state index is 12.4. The first kappa shape index (κ1) is 17.0. The van der Waals surface area contributed by atoms with Crippen molar-refractivity contribution in [1.82, 2.24) is 15.2 Å². The Morgan fingerprint density at radius 1 is 1.28 bits per heavy atom. The molecule has 2 saturated heterocycles. The predicted molar refractivity (Wildman–Crippen MR) is 96.0 cm³/mol. The van der Waals surface area contributed by atoms with E-state index >= 15 is 0 Å². The fourth-order valence-corrected chi connectivity index (χ4v) is 4.40. The molecule has 5 nitrogen and oxygen atoms in total. The smallest absolute Gasteiger partial charge is 0.220 e. The Morgan fingerprint density at radius 2 is 2.20 bits per heavy atom. The summed E-state index contributed by atoms with van der Waals surface area (Å²) in [6.07, 6.45) is 5.99. The summed E-state index contributed by atoms with van der Waals surface area (Å²) in [7, 11) is 0. The van der Waals surface area contributed by atoms with Crippen LogP contribution in [0.4, 0.5) is 0 Å². The molecule has 1 saturated carbocycles. The molecule has 5 heteroatoms. The third-order valence-electron chi connectivity index (χ3n) is 5.93. The second kappa shape index (κ2) is 7.83. The van der Waals surface area contributed by atoms with Crippen LogP contribution in [0.15, 0.2) is 24.4 Å². The second-order valence-electron chi connectivity index (χ2n) is 8.01. The van der Waals surface area contributed by atoms with Crippen LogP contribution in [0.5, 0.6) is 0 Å². The van der Waals surface area contributed by atoms with Gasteiger partial charge in [-0.2, -0.15) is 0 Å². The fraction of sp³-hybridized carbons (Fsp3) is 0.700. The average molecular weight is 343 g/mol. The number of nitrogens with zero attached hydrogens (tertiary/aromatic N) is 2. The Hall–Kier alpha value is -1.46. The largest absolute Gasteiger partial charge is 0.381 e. The van der Waals surface area contributed by atoms with E-state index in [1.807, 2.05) is 18.2 Å². The molecule has 3 atom stereocenters. The molecular weight excluding hydrogens is 314 g/mol. The molecule has 25 heavy (non-hydrogen) atoms. The predicted octanol–water partition coefficient (Wildman–Crippen LogP) is 1.73. The average Bonchev–Trinajstić information content (AvgIpc) is 3.32. The molecule has 136 valence electrons. The number of ether oxygens (including phenoxy) is 1. The summed E-state index contributed by atoms with van der Waals surface area (Å²) in [4.78, 5) is 19.3. The Kier molecular flexibility index (Phi) is 5.32. The van der Waals surface area contributed by atoms with Crippen LogP contribution < -0.4 is 5.32 Å². The van der Waals surface area contributed by atoms with Gasteiger partial charge in [0.1, 0.15) is 0 Å². The van der Waals surface area contributed by atoms with Crippen molar-refractivity contribution in [2.45, 2.75) is 25.7 Å². The highest BCUT2D eigenvalue weighted by Crippen LogP contribution is 2.38. The number of carbonyl (C=O) groups excluding carboxylic acids is 1. The van der Waals surface area contributed by atoms with Crippen LogP contribution in [0.1, 0.15) is 25.0 Å². The quantitative estimate of drug-likeness (QED) is 0.819. The number of amides is 1. The lowest BCUT2D eigenvalue weighted by molar-refractivity contribution is -0.124. The summed E-state index contributed by atoms with van der Waals surface area (Å²) in [6, 6.07) is 5.89. The van der Waals surface area contributed by atoms with Crippen LogP contribution in [-0.4, -0.2) is 55.2 Å². The summed E-state index contributed by atoms with van der Waals surface area (Å²) in [6.45, 7) is 5.87. The van der Waals surface area contributed by atoms with Crippen LogP contribution in [0.3, 0.4) is 0 Å². The Labute approximate surface area is 150 Å². The highest BCUT2D eigenvalue weighted by atomic mass is 16.5. The molecule has 1 N–H and O–H groups in total. The first-order valence-corrected chi connectivity index (χ1v) is 9.74. The molecule has 1 aliphatic carbocycles. The highest BCUT2D eigenvalue weighted by molar-refractivity contribution is 5.76. The van der Waals surface area contributed by atoms with E-state index in [0.29, 0.717) is 30.7 Å². The van der Waals surface area contributed by atoms with Gasteiger partial charge in [0.15, 0.2) is 0 Å². The van der Waals surface area contributed by atoms with Crippen molar-refractivity contribution in [3.63, 3.8) is 0 Å². The zero-order valence-corrected chi connectivity index (χ0v) is 14.9. The van der Waals surface area contributed by atoms with E-state index in [1.54, 1.807) is 6.20 Å². The molecule has 0 radical (unpaired) electrons. The van der Waals surface area contributed by atoms with E-state index in [0.717, 1.165) is 37.8 Å². The number of nitrogens with one attached hydrogen (secondary N) is 1. The van der Waals surface area contributed by atoms with Crippen molar-refractivity contribution in [3.05, 3.63) is 30.1 Å². The number of pyridine rings is 1. The van der Waals surface area contributed by atoms with Gasteiger partial charge < -0.3 is 15.0 Å². The number of fused-ring (bicyclic) bond motifs is 1. The molecule has 3 fully saturated rings. The number of aromatic nitrogens is 1. The Balaban J connectivity index is 1.23. The monoisotopic (exact) mass is 343 g/mol. The molecule has 0 spiro atoms. The summed E-state index contributed by atoms with van der Waals surface area (Å²) < 4.78 is 5.82. The summed E-state index contributed by atoms with van der Waals surface area (Å²) in [5, 5.41) is 3.06. The maximum atomic E-state index is 12.4. The third kappa shape index (κ3) is 4.59. The first-order chi connectivity index (χ1) is 12.3. The maximum Gasteiger partial charge on any atom is 0.220 e. The standard InChI is InChI=1S/C20H29N3O2/c24-20(22-8-6-18-3-1-2-7-21-18)9-16-13-25-14-17-11-23(12-19(16)17)10-15-4-5-15/h1-3,7,15-17,19H,4-6,8-14H2,(H,22,24)/t16-,17-,19+/m1/s1. The lowest BCUT2D eigenvalue weighted by atomic mass is 9.81. The molecule has 1 aromatic rings. The molecule has 0 bridgehead atoms. The Morgan fingerprint density at radius 3 is 3.00 bits per heavy atom. The van der Waals surface area contributed by atoms with Gasteiger partial charge >= 0.3 is 0 Å². The van der Waals surface area contributed by atoms with Crippen molar-refractivity contribution in [1.29, 1.82) is 0 Å². The van der Waals surface area contributed by atoms with Crippen molar-refractivity contribution < 1.29 is 9.53 Å². The minimum absolute atomic E-state index is 0.158. The third-order valence-corrected chi connectivity index (χ3v) is 5.93. The van der Waals surface area contributed by atoms with Crippen LogP contribution in [0, 0.1) is 23.7 Å². The lowest BCUT2D eigenvalue weighted by Crippen LogP contribution is -2.38. The first-order valence-electron chi connectivity index (χ1n) is 9.74. The molecule has 1 amide bonds. The topological polar surface area (TPSA) is 54.5 Å². The summed E-state index contributed by atoms with van der Waals surface area (Å²) in [5.74, 6) is 2.73. The van der Waals surface area contributed by atoms with Gasteiger partial charge in [0, 0.05) is 50.9 Å². The molecule has 4 rings (SSSR count). The number of hydrogen-bond acceptors (Lipinski definition) is 4. The van der Waals surface area contributed by atoms with Crippen molar-refractivity contribution >= 4 is 5.91 Å². The highest BCUT2D eigenvalue weighted by Gasteiger charge is 2.42. The van der Waals surface area contributed by atoms with E-state index < -0.39 is 0 Å². The lowest BCUT2D eigenvalue weighted by Gasteiger charge is -2.32. The van der Waals surface area contributed by atoms with Crippen LogP contribution >= 0.6 is 0 Å². The minimum atomic E-state index is 0.158. The molecular formula is C20H29N3O2. The zero-order valence-electron chi connectivity index (χ0n) is 14.9. The molecule has 0 aromatic carbocycles. The van der Waals surface area contributed by atoms with E-state index in [-0.39, 0.29) is 5.91 Å². The zero-order chi connectivity index (χ0) is 17.1. The molecule has 1 aromatic heterocycles. The van der Waals surface area contributed by atoms with Gasteiger partial charge in [0.05, 0.1) is 13.2 Å². The second-order valence-corrected chi connectivity index (χ2v) is 8.01. The van der Waals surface area contributed by atoms with Crippen LogP contribution in [0.25, 0.3) is 0 Å². The van der Waals surface area contributed by atoms with E-state index in [2.05, 4.69) is 15.2 Å². The molecule has 3 aliphatic rings. The van der Waals surface area contributed by atoms with Gasteiger partial charge in [0.25, 0.3) is 0 Å². The number of hydrogen-bond donors (Lipinski definition) is 1. The summed E-state index contributed by atoms with van der Waals surface area (Å²) in [5.41, 5.74) is 1.02. The molecule has 2 aliphatic heterocycles. The number of likely N-dealkylation sites (tertiary alicyclic amines) is 1. The van der Waals surface area contributed by atoms with Gasteiger partial charge in [-0.05, 0) is 48.6 Å².